The molecule has 0 aromatic rings. The molecule has 0 aromatic heterocycles. The summed E-state index contributed by atoms with van der Waals surface area (Å²) in [7, 11) is 0. The molecule has 0 aromatic carbocycles. The molecule has 2 aliphatic heterocycles. The Morgan fingerprint density at radius 2 is 1.39 bits per heavy atom. The second kappa shape index (κ2) is 12.0. The molecule has 0 bridgehead atoms. The lowest BCUT2D eigenvalue weighted by Gasteiger charge is -2.44. The molecular weight excluding hydrogens is 420 g/mol. The number of unbranched alkanes of at least 4 members (excludes halogenated alkanes) is 2. The standard InChI is InChI=1S/C19H30O12/c1-2-3-4-5-6-11(21)28-8-10-13(23)15(25)17(27)19(30-10)31-18-16(26)14(24)12(22)9(7-20)29-18/h1,9-10,12-20,22-27H,3-8H2/t9?,10?,12-,13-,14?,15+,16-,17?,18-,19-/m1/s1. The van der Waals surface area contributed by atoms with Crippen LogP contribution < -0.4 is 0 Å². The Balaban J connectivity index is 1.94. The van der Waals surface area contributed by atoms with Gasteiger partial charge in [0, 0.05) is 12.8 Å². The van der Waals surface area contributed by atoms with Crippen molar-refractivity contribution in [1.29, 1.82) is 0 Å². The van der Waals surface area contributed by atoms with Crippen molar-refractivity contribution >= 4 is 5.97 Å². The first kappa shape index (κ1) is 25.9. The molecule has 2 rings (SSSR count). The van der Waals surface area contributed by atoms with E-state index in [1.807, 2.05) is 0 Å². The molecule has 2 fully saturated rings. The second-order valence-electron chi connectivity index (χ2n) is 7.44. The number of rotatable bonds is 9. The van der Waals surface area contributed by atoms with Gasteiger partial charge in [-0.3, -0.25) is 4.79 Å². The topological polar surface area (TPSA) is 196 Å². The highest BCUT2D eigenvalue weighted by Crippen LogP contribution is 2.28. The number of terminal acetylenes is 1. The van der Waals surface area contributed by atoms with Crippen molar-refractivity contribution in [2.75, 3.05) is 13.2 Å². The van der Waals surface area contributed by atoms with E-state index in [1.54, 1.807) is 0 Å². The third-order valence-corrected chi connectivity index (χ3v) is 5.15. The highest BCUT2D eigenvalue weighted by Gasteiger charge is 2.49. The molecule has 0 radical (unpaired) electrons. The molecule has 0 amide bonds. The highest BCUT2D eigenvalue weighted by atomic mass is 16.8. The van der Waals surface area contributed by atoms with E-state index in [2.05, 4.69) is 5.92 Å². The molecule has 0 spiro atoms. The lowest BCUT2D eigenvalue weighted by Crippen LogP contribution is -2.63. The van der Waals surface area contributed by atoms with E-state index >= 15 is 0 Å². The zero-order valence-electron chi connectivity index (χ0n) is 16.8. The number of hydrogen-bond acceptors (Lipinski definition) is 12. The second-order valence-corrected chi connectivity index (χ2v) is 7.44. The first-order valence-corrected chi connectivity index (χ1v) is 9.96. The minimum absolute atomic E-state index is 0.0977. The van der Waals surface area contributed by atoms with E-state index in [4.69, 9.17) is 25.4 Å². The van der Waals surface area contributed by atoms with Crippen molar-refractivity contribution in [2.45, 2.75) is 87.1 Å². The van der Waals surface area contributed by atoms with Gasteiger partial charge in [-0.2, -0.15) is 0 Å². The van der Waals surface area contributed by atoms with Gasteiger partial charge in [0.05, 0.1) is 6.61 Å². The molecule has 31 heavy (non-hydrogen) atoms. The molecule has 0 saturated carbocycles. The largest absolute Gasteiger partial charge is 0.463 e. The fourth-order valence-electron chi connectivity index (χ4n) is 3.22. The number of carbonyl (C=O) groups excluding carboxylic acids is 1. The Labute approximate surface area is 178 Å². The Morgan fingerprint density at radius 1 is 0.839 bits per heavy atom. The van der Waals surface area contributed by atoms with Crippen LogP contribution in [0, 0.1) is 12.3 Å². The number of aliphatic hydroxyl groups is 7. The van der Waals surface area contributed by atoms with Crippen molar-refractivity contribution in [2.24, 2.45) is 0 Å². The fourth-order valence-corrected chi connectivity index (χ4v) is 3.22. The molecule has 10 atom stereocenters. The molecule has 12 heteroatoms. The van der Waals surface area contributed by atoms with Crippen LogP contribution in [0.2, 0.25) is 0 Å². The molecule has 0 aliphatic carbocycles. The smallest absolute Gasteiger partial charge is 0.305 e. The molecule has 4 unspecified atom stereocenters. The summed E-state index contributed by atoms with van der Waals surface area (Å²) in [6, 6.07) is 0. The monoisotopic (exact) mass is 450 g/mol. The van der Waals surface area contributed by atoms with Crippen molar-refractivity contribution in [3.05, 3.63) is 0 Å². The average Bonchev–Trinajstić information content (AvgIpc) is 2.76. The van der Waals surface area contributed by atoms with Crippen LogP contribution in [0.3, 0.4) is 0 Å². The fraction of sp³-hybridized carbons (Fsp3) is 0.842. The maximum Gasteiger partial charge on any atom is 0.305 e. The molecule has 12 nitrogen and oxygen atoms in total. The number of hydrogen-bond donors (Lipinski definition) is 7. The van der Waals surface area contributed by atoms with Crippen LogP contribution in [-0.4, -0.2) is 116 Å². The summed E-state index contributed by atoms with van der Waals surface area (Å²) in [6.45, 7) is -1.15. The summed E-state index contributed by atoms with van der Waals surface area (Å²) in [5.74, 6) is 1.88. The summed E-state index contributed by atoms with van der Waals surface area (Å²) in [5.41, 5.74) is 0. The van der Waals surface area contributed by atoms with Crippen molar-refractivity contribution < 1.29 is 59.5 Å². The zero-order chi connectivity index (χ0) is 23.1. The molecule has 7 N–H and O–H groups in total. The van der Waals surface area contributed by atoms with Crippen LogP contribution >= 0.6 is 0 Å². The van der Waals surface area contributed by atoms with Crippen molar-refractivity contribution in [3.8, 4) is 12.3 Å². The van der Waals surface area contributed by atoms with Gasteiger partial charge in [-0.1, -0.05) is 0 Å². The van der Waals surface area contributed by atoms with Crippen LogP contribution in [0.5, 0.6) is 0 Å². The van der Waals surface area contributed by atoms with Gasteiger partial charge in [0.25, 0.3) is 0 Å². The predicted molar refractivity (Wildman–Crippen MR) is 99.8 cm³/mol. The predicted octanol–water partition coefficient (Wildman–Crippen LogP) is -3.65. The van der Waals surface area contributed by atoms with Crippen LogP contribution in [-0.2, 0) is 23.7 Å². The van der Waals surface area contributed by atoms with Crippen LogP contribution in [0.1, 0.15) is 25.7 Å². The normalized spacial score (nSPS) is 40.8. The van der Waals surface area contributed by atoms with E-state index in [-0.39, 0.29) is 6.42 Å². The van der Waals surface area contributed by atoms with Gasteiger partial charge in [-0.05, 0) is 12.8 Å². The quantitative estimate of drug-likeness (QED) is 0.103. The van der Waals surface area contributed by atoms with Crippen LogP contribution in [0.25, 0.3) is 0 Å². The Kier molecular flexibility index (Phi) is 10.0. The maximum atomic E-state index is 11.8. The molecular formula is C19H30O12. The third kappa shape index (κ3) is 6.56. The first-order valence-electron chi connectivity index (χ1n) is 9.96. The van der Waals surface area contributed by atoms with Crippen molar-refractivity contribution in [1.82, 2.24) is 0 Å². The van der Waals surface area contributed by atoms with E-state index in [9.17, 15) is 40.5 Å². The van der Waals surface area contributed by atoms with E-state index in [0.29, 0.717) is 19.3 Å². The molecule has 2 saturated heterocycles. The lowest BCUT2D eigenvalue weighted by atomic mass is 9.98. The van der Waals surface area contributed by atoms with Gasteiger partial charge in [0.1, 0.15) is 55.4 Å². The molecule has 178 valence electrons. The molecule has 2 aliphatic rings. The Bertz CT molecular complexity index is 607. The summed E-state index contributed by atoms with van der Waals surface area (Å²) < 4.78 is 20.9. The number of carbonyl (C=O) groups is 1. The number of ether oxygens (including phenoxy) is 4. The van der Waals surface area contributed by atoms with E-state index in [0.717, 1.165) is 0 Å². The minimum atomic E-state index is -1.78. The number of aliphatic hydroxyl groups excluding tert-OH is 7. The zero-order valence-corrected chi connectivity index (χ0v) is 16.8. The van der Waals surface area contributed by atoms with Crippen LogP contribution in [0.4, 0.5) is 0 Å². The Morgan fingerprint density at radius 3 is 1.94 bits per heavy atom. The van der Waals surface area contributed by atoms with Gasteiger partial charge in [0.2, 0.25) is 0 Å². The molecule has 2 heterocycles. The highest BCUT2D eigenvalue weighted by molar-refractivity contribution is 5.69. The summed E-state index contributed by atoms with van der Waals surface area (Å²) in [4.78, 5) is 11.8. The van der Waals surface area contributed by atoms with Gasteiger partial charge < -0.3 is 54.7 Å². The SMILES string of the molecule is C#CCCCCC(=O)OCC1O[C@H](O[C@H]2OC(CO)[C@@H](O)C(O)[C@H]2O)C(O)[C@@H](O)[C@@H]1O. The summed E-state index contributed by atoms with van der Waals surface area (Å²) in [6.07, 6.45) is -9.16. The lowest BCUT2D eigenvalue weighted by molar-refractivity contribution is -0.376. The van der Waals surface area contributed by atoms with E-state index < -0.39 is 80.6 Å². The first-order chi connectivity index (χ1) is 14.7. The van der Waals surface area contributed by atoms with Crippen molar-refractivity contribution in [3.63, 3.8) is 0 Å². The van der Waals surface area contributed by atoms with Gasteiger partial charge in [-0.15, -0.1) is 12.3 Å². The Hall–Kier alpha value is -1.37. The van der Waals surface area contributed by atoms with E-state index in [1.165, 1.54) is 0 Å². The van der Waals surface area contributed by atoms with Gasteiger partial charge in [-0.25, -0.2) is 0 Å². The average molecular weight is 450 g/mol. The van der Waals surface area contributed by atoms with Gasteiger partial charge >= 0.3 is 5.97 Å². The number of esters is 1. The van der Waals surface area contributed by atoms with Crippen LogP contribution in [0.15, 0.2) is 0 Å². The van der Waals surface area contributed by atoms with Gasteiger partial charge in [0.15, 0.2) is 12.6 Å². The summed E-state index contributed by atoms with van der Waals surface area (Å²) in [5, 5.41) is 69.2. The minimum Gasteiger partial charge on any atom is -0.463 e. The third-order valence-electron chi connectivity index (χ3n) is 5.15. The maximum absolute atomic E-state index is 11.8. The summed E-state index contributed by atoms with van der Waals surface area (Å²) >= 11 is 0.